The van der Waals surface area contributed by atoms with E-state index in [0.29, 0.717) is 6.54 Å². The van der Waals surface area contributed by atoms with Crippen molar-refractivity contribution in [3.63, 3.8) is 0 Å². The van der Waals surface area contributed by atoms with Crippen molar-refractivity contribution in [2.24, 2.45) is 16.5 Å². The second kappa shape index (κ2) is 8.14. The highest BCUT2D eigenvalue weighted by Crippen LogP contribution is 2.13. The van der Waals surface area contributed by atoms with Crippen LogP contribution in [0.3, 0.4) is 0 Å². The molecular formula is C13H21BrN4O. The minimum atomic E-state index is 0. The first kappa shape index (κ1) is 15.9. The van der Waals surface area contributed by atoms with Gasteiger partial charge < -0.3 is 16.2 Å². The summed E-state index contributed by atoms with van der Waals surface area (Å²) in [5.74, 6) is 0.135. The van der Waals surface area contributed by atoms with Crippen LogP contribution >= 0.6 is 17.0 Å². The van der Waals surface area contributed by atoms with Crippen molar-refractivity contribution < 1.29 is 4.74 Å². The zero-order chi connectivity index (χ0) is 12.8. The predicted molar refractivity (Wildman–Crippen MR) is 82.4 cm³/mol. The molecule has 0 aromatic heterocycles. The number of aliphatic imine (C=N–C) groups is 1. The zero-order valence-electron chi connectivity index (χ0n) is 10.9. The lowest BCUT2D eigenvalue weighted by Crippen LogP contribution is -2.35. The van der Waals surface area contributed by atoms with Gasteiger partial charge >= 0.3 is 0 Å². The Balaban J connectivity index is 0.00000180. The number of guanidine groups is 1. The average Bonchev–Trinajstić information content (AvgIpc) is 2.39. The van der Waals surface area contributed by atoms with E-state index in [-0.39, 0.29) is 22.9 Å². The molecule has 0 radical (unpaired) electrons. The van der Waals surface area contributed by atoms with Crippen molar-refractivity contribution in [2.45, 2.75) is 13.1 Å². The third kappa shape index (κ3) is 5.18. The molecule has 2 rings (SSSR count). The fourth-order valence-electron chi connectivity index (χ4n) is 2.04. The third-order valence-electron chi connectivity index (χ3n) is 3.05. The van der Waals surface area contributed by atoms with Crippen molar-refractivity contribution >= 4 is 22.9 Å². The van der Waals surface area contributed by atoms with Gasteiger partial charge in [0.2, 0.25) is 0 Å². The van der Waals surface area contributed by atoms with Crippen LogP contribution in [0.2, 0.25) is 0 Å². The Hall–Kier alpha value is -1.11. The second-order valence-electron chi connectivity index (χ2n) is 4.40. The Morgan fingerprint density at radius 3 is 2.42 bits per heavy atom. The van der Waals surface area contributed by atoms with Crippen LogP contribution in [0.4, 0.5) is 0 Å². The van der Waals surface area contributed by atoms with Crippen molar-refractivity contribution in [1.82, 2.24) is 4.90 Å². The molecule has 1 aliphatic heterocycles. The summed E-state index contributed by atoms with van der Waals surface area (Å²) in [6.45, 7) is 5.07. The maximum absolute atomic E-state index is 5.38. The van der Waals surface area contributed by atoms with Crippen LogP contribution in [-0.4, -0.2) is 37.2 Å². The minimum Gasteiger partial charge on any atom is -0.379 e. The standard InChI is InChI=1S/C13H20N4O.BrH/c14-13(15)16-9-11-3-1-2-4-12(11)10-17-5-7-18-8-6-17;/h1-4H,5-10H2,(H4,14,15,16);1H. The molecule has 19 heavy (non-hydrogen) atoms. The highest BCUT2D eigenvalue weighted by atomic mass is 79.9. The summed E-state index contributed by atoms with van der Waals surface area (Å²) >= 11 is 0. The minimum absolute atomic E-state index is 0. The molecular weight excluding hydrogens is 308 g/mol. The van der Waals surface area contributed by atoms with Gasteiger partial charge in [-0.2, -0.15) is 0 Å². The number of benzene rings is 1. The lowest BCUT2D eigenvalue weighted by atomic mass is 10.1. The van der Waals surface area contributed by atoms with Crippen LogP contribution in [0, 0.1) is 0 Å². The largest absolute Gasteiger partial charge is 0.379 e. The van der Waals surface area contributed by atoms with E-state index in [2.05, 4.69) is 28.1 Å². The summed E-state index contributed by atoms with van der Waals surface area (Å²) in [5.41, 5.74) is 13.2. The van der Waals surface area contributed by atoms with E-state index in [9.17, 15) is 0 Å². The molecule has 0 unspecified atom stereocenters. The van der Waals surface area contributed by atoms with E-state index in [1.807, 2.05) is 6.07 Å². The molecule has 4 N–H and O–H groups in total. The Morgan fingerprint density at radius 2 is 1.79 bits per heavy atom. The van der Waals surface area contributed by atoms with E-state index in [4.69, 9.17) is 16.2 Å². The molecule has 5 nitrogen and oxygen atoms in total. The molecule has 0 spiro atoms. The quantitative estimate of drug-likeness (QED) is 0.635. The summed E-state index contributed by atoms with van der Waals surface area (Å²) in [4.78, 5) is 6.46. The summed E-state index contributed by atoms with van der Waals surface area (Å²) in [6.07, 6.45) is 0. The number of rotatable bonds is 4. The van der Waals surface area contributed by atoms with Gasteiger partial charge in [-0.05, 0) is 11.1 Å². The molecule has 0 amide bonds. The average molecular weight is 329 g/mol. The Labute approximate surface area is 124 Å². The molecule has 0 atom stereocenters. The molecule has 0 bridgehead atoms. The number of halogens is 1. The van der Waals surface area contributed by atoms with Crippen molar-refractivity contribution in [2.75, 3.05) is 26.3 Å². The highest BCUT2D eigenvalue weighted by molar-refractivity contribution is 8.93. The zero-order valence-corrected chi connectivity index (χ0v) is 12.6. The van der Waals surface area contributed by atoms with E-state index in [1.54, 1.807) is 0 Å². The molecule has 1 saturated heterocycles. The van der Waals surface area contributed by atoms with E-state index in [0.717, 1.165) is 32.8 Å². The van der Waals surface area contributed by atoms with Crippen LogP contribution in [0.5, 0.6) is 0 Å². The van der Waals surface area contributed by atoms with Gasteiger partial charge in [-0.1, -0.05) is 24.3 Å². The summed E-state index contributed by atoms with van der Waals surface area (Å²) < 4.78 is 5.35. The third-order valence-corrected chi connectivity index (χ3v) is 3.05. The smallest absolute Gasteiger partial charge is 0.186 e. The maximum atomic E-state index is 5.38. The first-order valence-electron chi connectivity index (χ1n) is 6.18. The molecule has 1 aliphatic rings. The molecule has 6 heteroatoms. The Kier molecular flexibility index (Phi) is 6.83. The van der Waals surface area contributed by atoms with Crippen molar-refractivity contribution in [1.29, 1.82) is 0 Å². The molecule has 0 saturated carbocycles. The molecule has 1 fully saturated rings. The first-order chi connectivity index (χ1) is 8.75. The van der Waals surface area contributed by atoms with E-state index >= 15 is 0 Å². The number of nitrogens with zero attached hydrogens (tertiary/aromatic N) is 2. The Bertz CT molecular complexity index is 415. The van der Waals surface area contributed by atoms with Gasteiger partial charge in [-0.3, -0.25) is 4.90 Å². The first-order valence-corrected chi connectivity index (χ1v) is 6.18. The fraction of sp³-hybridized carbons (Fsp3) is 0.462. The van der Waals surface area contributed by atoms with Crippen LogP contribution in [0.25, 0.3) is 0 Å². The van der Waals surface area contributed by atoms with Gasteiger partial charge in [0.05, 0.1) is 19.8 Å². The van der Waals surface area contributed by atoms with Crippen LogP contribution in [0.1, 0.15) is 11.1 Å². The number of morpholine rings is 1. The van der Waals surface area contributed by atoms with Gasteiger partial charge in [0.1, 0.15) is 0 Å². The lowest BCUT2D eigenvalue weighted by Gasteiger charge is -2.27. The van der Waals surface area contributed by atoms with Gasteiger partial charge in [-0.25, -0.2) is 4.99 Å². The van der Waals surface area contributed by atoms with Crippen LogP contribution in [0.15, 0.2) is 29.3 Å². The molecule has 1 aromatic carbocycles. The number of hydrogen-bond donors (Lipinski definition) is 2. The normalized spacial score (nSPS) is 15.6. The predicted octanol–water partition coefficient (Wildman–Crippen LogP) is 0.870. The van der Waals surface area contributed by atoms with Gasteiger partial charge in [0, 0.05) is 19.6 Å². The fourth-order valence-corrected chi connectivity index (χ4v) is 2.04. The lowest BCUT2D eigenvalue weighted by molar-refractivity contribution is 0.0341. The second-order valence-corrected chi connectivity index (χ2v) is 4.40. The Morgan fingerprint density at radius 1 is 1.16 bits per heavy atom. The topological polar surface area (TPSA) is 76.9 Å². The SMILES string of the molecule is Br.NC(N)=NCc1ccccc1CN1CCOCC1. The van der Waals surface area contributed by atoms with Crippen LogP contribution < -0.4 is 11.5 Å². The van der Waals surface area contributed by atoms with E-state index < -0.39 is 0 Å². The van der Waals surface area contributed by atoms with Crippen molar-refractivity contribution in [3.05, 3.63) is 35.4 Å². The number of ether oxygens (including phenoxy) is 1. The maximum Gasteiger partial charge on any atom is 0.186 e. The monoisotopic (exact) mass is 328 g/mol. The van der Waals surface area contributed by atoms with Crippen molar-refractivity contribution in [3.8, 4) is 0 Å². The molecule has 106 valence electrons. The van der Waals surface area contributed by atoms with Crippen LogP contribution in [-0.2, 0) is 17.8 Å². The number of nitrogens with two attached hydrogens (primary N) is 2. The summed E-state index contributed by atoms with van der Waals surface area (Å²) in [6, 6.07) is 8.27. The molecule has 0 aliphatic carbocycles. The molecule has 1 heterocycles. The van der Waals surface area contributed by atoms with Gasteiger partial charge in [0.25, 0.3) is 0 Å². The highest BCUT2D eigenvalue weighted by Gasteiger charge is 2.12. The van der Waals surface area contributed by atoms with Gasteiger partial charge in [0.15, 0.2) is 5.96 Å². The van der Waals surface area contributed by atoms with Gasteiger partial charge in [-0.15, -0.1) is 17.0 Å². The van der Waals surface area contributed by atoms with E-state index in [1.165, 1.54) is 11.1 Å². The molecule has 1 aromatic rings. The summed E-state index contributed by atoms with van der Waals surface area (Å²) in [7, 11) is 0. The summed E-state index contributed by atoms with van der Waals surface area (Å²) in [5, 5.41) is 0. The number of hydrogen-bond acceptors (Lipinski definition) is 3.